The van der Waals surface area contributed by atoms with E-state index in [1.807, 2.05) is 41.9 Å². The lowest BCUT2D eigenvalue weighted by Gasteiger charge is -2.09. The Balaban J connectivity index is 2.37. The highest BCUT2D eigenvalue weighted by Crippen LogP contribution is 2.38. The summed E-state index contributed by atoms with van der Waals surface area (Å²) in [5, 5.41) is 1.56. The highest BCUT2D eigenvalue weighted by atomic mass is 35.5. The normalized spacial score (nSPS) is 11.2. The summed E-state index contributed by atoms with van der Waals surface area (Å²) >= 11 is 12.2. The maximum Gasteiger partial charge on any atom is 0.142 e. The van der Waals surface area contributed by atoms with Gasteiger partial charge in [-0.25, -0.2) is 4.39 Å². The average Bonchev–Trinajstić information content (AvgIpc) is 2.73. The van der Waals surface area contributed by atoms with Gasteiger partial charge in [-0.05, 0) is 24.3 Å². The summed E-state index contributed by atoms with van der Waals surface area (Å²) in [5.74, 6) is -0.466. The summed E-state index contributed by atoms with van der Waals surface area (Å²) in [5.41, 5.74) is 2.38. The Labute approximate surface area is 120 Å². The zero-order valence-electron chi connectivity index (χ0n) is 10.1. The second-order valence-corrected chi connectivity index (χ2v) is 5.15. The molecule has 0 fully saturated rings. The molecule has 19 heavy (non-hydrogen) atoms. The first-order chi connectivity index (χ1) is 9.09. The molecule has 0 bridgehead atoms. The van der Waals surface area contributed by atoms with Crippen molar-refractivity contribution in [1.29, 1.82) is 0 Å². The lowest BCUT2D eigenvalue weighted by molar-refractivity contribution is 0.628. The first kappa shape index (κ1) is 12.5. The monoisotopic (exact) mass is 293 g/mol. The number of aryl methyl sites for hydroxylation is 1. The van der Waals surface area contributed by atoms with E-state index in [0.29, 0.717) is 10.6 Å². The third-order valence-corrected chi connectivity index (χ3v) is 3.94. The van der Waals surface area contributed by atoms with E-state index in [0.717, 1.165) is 16.6 Å². The van der Waals surface area contributed by atoms with Crippen LogP contribution in [0.4, 0.5) is 4.39 Å². The number of hydrogen-bond acceptors (Lipinski definition) is 0. The molecule has 0 saturated carbocycles. The van der Waals surface area contributed by atoms with Crippen LogP contribution in [0.25, 0.3) is 22.2 Å². The molecule has 1 aromatic heterocycles. The number of para-hydroxylation sites is 1. The van der Waals surface area contributed by atoms with Crippen molar-refractivity contribution in [1.82, 2.24) is 4.57 Å². The zero-order chi connectivity index (χ0) is 13.6. The molecule has 2 aromatic carbocycles. The van der Waals surface area contributed by atoms with E-state index in [-0.39, 0.29) is 5.02 Å². The Morgan fingerprint density at radius 1 is 1.05 bits per heavy atom. The molecular formula is C15H10Cl2FN. The molecule has 0 atom stereocenters. The number of hydrogen-bond donors (Lipinski definition) is 0. The second kappa shape index (κ2) is 4.55. The molecule has 0 N–H and O–H groups in total. The fraction of sp³-hybridized carbons (Fsp3) is 0.0667. The number of fused-ring (bicyclic) bond motifs is 1. The van der Waals surface area contributed by atoms with Crippen molar-refractivity contribution in [3.63, 3.8) is 0 Å². The van der Waals surface area contributed by atoms with Crippen molar-refractivity contribution in [2.45, 2.75) is 0 Å². The Bertz CT molecular complexity index is 777. The molecular weight excluding hydrogens is 284 g/mol. The number of aromatic nitrogens is 1. The van der Waals surface area contributed by atoms with Crippen molar-refractivity contribution in [2.75, 3.05) is 0 Å². The van der Waals surface area contributed by atoms with Gasteiger partial charge in [0, 0.05) is 23.5 Å². The van der Waals surface area contributed by atoms with Gasteiger partial charge in [0.2, 0.25) is 0 Å². The molecule has 3 aromatic rings. The van der Waals surface area contributed by atoms with E-state index in [1.54, 1.807) is 0 Å². The minimum Gasteiger partial charge on any atom is -0.344 e. The third-order valence-electron chi connectivity index (χ3n) is 3.25. The lowest BCUT2D eigenvalue weighted by Crippen LogP contribution is -1.94. The Morgan fingerprint density at radius 2 is 1.79 bits per heavy atom. The minimum atomic E-state index is -0.466. The molecule has 0 spiro atoms. The van der Waals surface area contributed by atoms with Gasteiger partial charge in [0.1, 0.15) is 5.82 Å². The standard InChI is InChI=1S/C15H10Cl2FN/c1-19-12-5-3-2-4-9(12)8-13(19)14-10(16)6-7-11(18)15(14)17/h2-8H,1H3. The molecule has 96 valence electrons. The van der Waals surface area contributed by atoms with Gasteiger partial charge in [0.15, 0.2) is 0 Å². The number of nitrogens with zero attached hydrogens (tertiary/aromatic N) is 1. The van der Waals surface area contributed by atoms with Gasteiger partial charge < -0.3 is 4.57 Å². The zero-order valence-corrected chi connectivity index (χ0v) is 11.6. The quantitative estimate of drug-likeness (QED) is 0.537. The van der Waals surface area contributed by atoms with Crippen LogP contribution in [0.1, 0.15) is 0 Å². The first-order valence-electron chi connectivity index (χ1n) is 5.78. The van der Waals surface area contributed by atoms with Gasteiger partial charge in [-0.15, -0.1) is 0 Å². The van der Waals surface area contributed by atoms with Gasteiger partial charge in [0.05, 0.1) is 15.7 Å². The third kappa shape index (κ3) is 1.92. The van der Waals surface area contributed by atoms with Crippen molar-refractivity contribution in [3.8, 4) is 11.3 Å². The van der Waals surface area contributed by atoms with Gasteiger partial charge in [0.25, 0.3) is 0 Å². The minimum absolute atomic E-state index is 0.0541. The highest BCUT2D eigenvalue weighted by molar-refractivity contribution is 6.39. The summed E-state index contributed by atoms with van der Waals surface area (Å²) in [7, 11) is 1.91. The molecule has 0 amide bonds. The molecule has 0 unspecified atom stereocenters. The van der Waals surface area contributed by atoms with E-state index in [4.69, 9.17) is 23.2 Å². The largest absolute Gasteiger partial charge is 0.344 e. The molecule has 0 aliphatic carbocycles. The summed E-state index contributed by atoms with van der Waals surface area (Å²) in [6, 6.07) is 12.7. The molecule has 4 heteroatoms. The summed E-state index contributed by atoms with van der Waals surface area (Å²) < 4.78 is 15.6. The van der Waals surface area contributed by atoms with E-state index in [9.17, 15) is 4.39 Å². The van der Waals surface area contributed by atoms with Crippen LogP contribution in [0, 0.1) is 5.82 Å². The van der Waals surface area contributed by atoms with Crippen LogP contribution in [0.3, 0.4) is 0 Å². The number of halogens is 3. The lowest BCUT2D eigenvalue weighted by atomic mass is 10.1. The Kier molecular flexibility index (Phi) is 3.00. The van der Waals surface area contributed by atoms with Crippen LogP contribution < -0.4 is 0 Å². The number of rotatable bonds is 1. The molecule has 0 aliphatic heterocycles. The maximum atomic E-state index is 13.6. The van der Waals surface area contributed by atoms with E-state index in [1.165, 1.54) is 12.1 Å². The van der Waals surface area contributed by atoms with Crippen LogP contribution in [0.5, 0.6) is 0 Å². The topological polar surface area (TPSA) is 4.93 Å². The fourth-order valence-corrected chi connectivity index (χ4v) is 2.85. The van der Waals surface area contributed by atoms with Crippen LogP contribution in [0.15, 0.2) is 42.5 Å². The van der Waals surface area contributed by atoms with Gasteiger partial charge in [-0.3, -0.25) is 0 Å². The van der Waals surface area contributed by atoms with E-state index in [2.05, 4.69) is 0 Å². The maximum absolute atomic E-state index is 13.6. The van der Waals surface area contributed by atoms with Crippen LogP contribution >= 0.6 is 23.2 Å². The molecule has 0 radical (unpaired) electrons. The van der Waals surface area contributed by atoms with Gasteiger partial charge in [-0.2, -0.15) is 0 Å². The fourth-order valence-electron chi connectivity index (χ4n) is 2.29. The Hall–Kier alpha value is -1.51. The summed E-state index contributed by atoms with van der Waals surface area (Å²) in [6.45, 7) is 0. The average molecular weight is 294 g/mol. The Morgan fingerprint density at radius 3 is 2.53 bits per heavy atom. The van der Waals surface area contributed by atoms with Crippen molar-refractivity contribution < 1.29 is 4.39 Å². The van der Waals surface area contributed by atoms with Crippen molar-refractivity contribution in [3.05, 3.63) is 58.3 Å². The molecule has 0 aliphatic rings. The molecule has 0 saturated heterocycles. The van der Waals surface area contributed by atoms with Crippen LogP contribution in [-0.4, -0.2) is 4.57 Å². The van der Waals surface area contributed by atoms with E-state index < -0.39 is 5.82 Å². The molecule has 1 nitrogen and oxygen atoms in total. The van der Waals surface area contributed by atoms with Crippen LogP contribution in [0.2, 0.25) is 10.0 Å². The van der Waals surface area contributed by atoms with Crippen molar-refractivity contribution >= 4 is 34.1 Å². The van der Waals surface area contributed by atoms with Gasteiger partial charge >= 0.3 is 0 Å². The second-order valence-electron chi connectivity index (χ2n) is 4.37. The summed E-state index contributed by atoms with van der Waals surface area (Å²) in [4.78, 5) is 0. The smallest absolute Gasteiger partial charge is 0.142 e. The predicted octanol–water partition coefficient (Wildman–Crippen LogP) is 5.29. The van der Waals surface area contributed by atoms with Crippen molar-refractivity contribution in [2.24, 2.45) is 7.05 Å². The van der Waals surface area contributed by atoms with Crippen LogP contribution in [-0.2, 0) is 7.05 Å². The predicted molar refractivity (Wildman–Crippen MR) is 78.3 cm³/mol. The SMILES string of the molecule is Cn1c(-c2c(Cl)ccc(F)c2Cl)cc2ccccc21. The highest BCUT2D eigenvalue weighted by Gasteiger charge is 2.16. The molecule has 3 rings (SSSR count). The number of benzene rings is 2. The first-order valence-corrected chi connectivity index (χ1v) is 6.53. The molecule has 1 heterocycles. The van der Waals surface area contributed by atoms with E-state index >= 15 is 0 Å². The van der Waals surface area contributed by atoms with Gasteiger partial charge in [-0.1, -0.05) is 41.4 Å². The summed E-state index contributed by atoms with van der Waals surface area (Å²) in [6.07, 6.45) is 0.